The van der Waals surface area contributed by atoms with Crippen LogP contribution >= 0.6 is 0 Å². The number of aromatic carboxylic acids is 1. The summed E-state index contributed by atoms with van der Waals surface area (Å²) < 4.78 is 6.70. The predicted molar refractivity (Wildman–Crippen MR) is 119 cm³/mol. The van der Waals surface area contributed by atoms with Crippen molar-refractivity contribution in [3.05, 3.63) is 70.1 Å². The van der Waals surface area contributed by atoms with Gasteiger partial charge in [0, 0.05) is 25.4 Å². The number of pyridine rings is 1. The van der Waals surface area contributed by atoms with Gasteiger partial charge in [0.25, 0.3) is 5.56 Å². The number of hydrogen-bond acceptors (Lipinski definition) is 5. The maximum atomic E-state index is 12.4. The molecule has 2 N–H and O–H groups in total. The van der Waals surface area contributed by atoms with E-state index < -0.39 is 22.7 Å². The van der Waals surface area contributed by atoms with Gasteiger partial charge in [-0.1, -0.05) is 30.3 Å². The molecule has 1 aromatic heterocycles. The van der Waals surface area contributed by atoms with Crippen LogP contribution in [0.3, 0.4) is 0 Å². The second kappa shape index (κ2) is 9.16. The molecule has 1 saturated heterocycles. The van der Waals surface area contributed by atoms with Crippen LogP contribution in [0.2, 0.25) is 0 Å². The molecule has 0 radical (unpaired) electrons. The molecule has 0 spiro atoms. The molecule has 1 aromatic carbocycles. The van der Waals surface area contributed by atoms with Gasteiger partial charge in [0.2, 0.25) is 0 Å². The lowest BCUT2D eigenvalue weighted by Gasteiger charge is -2.42. The predicted octanol–water partition coefficient (Wildman–Crippen LogP) is 3.08. The SMILES string of the molecule is CC(C)(C)OC(=O)N1CCC(C(O)(Cn2cc(C(=O)O)ccc2=O)c2ccccc2)CC1. The lowest BCUT2D eigenvalue weighted by atomic mass is 9.76. The van der Waals surface area contributed by atoms with Crippen LogP contribution in [0.5, 0.6) is 0 Å². The quantitative estimate of drug-likeness (QED) is 0.737. The normalized spacial score (nSPS) is 16.9. The zero-order chi connectivity index (χ0) is 23.5. The largest absolute Gasteiger partial charge is 0.478 e. The number of carboxylic acid groups (broad SMARTS) is 1. The zero-order valence-electron chi connectivity index (χ0n) is 18.7. The third kappa shape index (κ3) is 5.37. The minimum absolute atomic E-state index is 0.0280. The van der Waals surface area contributed by atoms with Gasteiger partial charge >= 0.3 is 12.1 Å². The highest BCUT2D eigenvalue weighted by molar-refractivity contribution is 5.87. The first kappa shape index (κ1) is 23.5. The van der Waals surface area contributed by atoms with Crippen molar-refractivity contribution in [3.63, 3.8) is 0 Å². The molecule has 0 saturated carbocycles. The van der Waals surface area contributed by atoms with E-state index in [1.54, 1.807) is 17.0 Å². The number of benzene rings is 1. The van der Waals surface area contributed by atoms with Crippen LogP contribution in [0.1, 0.15) is 49.5 Å². The van der Waals surface area contributed by atoms with E-state index in [4.69, 9.17) is 4.74 Å². The van der Waals surface area contributed by atoms with E-state index in [-0.39, 0.29) is 24.1 Å². The first-order valence-corrected chi connectivity index (χ1v) is 10.7. The Hall–Kier alpha value is -3.13. The monoisotopic (exact) mass is 442 g/mol. The Kier molecular flexibility index (Phi) is 6.74. The van der Waals surface area contributed by atoms with Gasteiger partial charge in [-0.3, -0.25) is 4.79 Å². The van der Waals surface area contributed by atoms with Gasteiger partial charge in [-0.25, -0.2) is 9.59 Å². The number of carbonyl (C=O) groups excluding carboxylic acids is 1. The molecule has 8 heteroatoms. The first-order valence-electron chi connectivity index (χ1n) is 10.7. The molecular weight excluding hydrogens is 412 g/mol. The molecule has 1 fully saturated rings. The Bertz CT molecular complexity index is 1020. The van der Waals surface area contributed by atoms with E-state index in [0.29, 0.717) is 31.5 Å². The first-order chi connectivity index (χ1) is 15.0. The van der Waals surface area contributed by atoms with Crippen molar-refractivity contribution in [2.75, 3.05) is 13.1 Å². The van der Waals surface area contributed by atoms with Crippen molar-refractivity contribution in [1.82, 2.24) is 9.47 Å². The van der Waals surface area contributed by atoms with Gasteiger partial charge in [0.05, 0.1) is 12.1 Å². The smallest absolute Gasteiger partial charge is 0.410 e. The number of rotatable bonds is 5. The average molecular weight is 443 g/mol. The minimum Gasteiger partial charge on any atom is -0.478 e. The maximum Gasteiger partial charge on any atom is 0.410 e. The molecule has 8 nitrogen and oxygen atoms in total. The third-order valence-electron chi connectivity index (χ3n) is 5.74. The molecule has 0 bridgehead atoms. The third-order valence-corrected chi connectivity index (χ3v) is 5.74. The van der Waals surface area contributed by atoms with Crippen LogP contribution in [0, 0.1) is 5.92 Å². The lowest BCUT2D eigenvalue weighted by molar-refractivity contribution is -0.0645. The summed E-state index contributed by atoms with van der Waals surface area (Å²) >= 11 is 0. The van der Waals surface area contributed by atoms with Gasteiger partial charge in [0.1, 0.15) is 11.2 Å². The van der Waals surface area contributed by atoms with Crippen molar-refractivity contribution < 1.29 is 24.5 Å². The van der Waals surface area contributed by atoms with E-state index in [1.807, 2.05) is 39.0 Å². The Morgan fingerprint density at radius 2 is 1.69 bits per heavy atom. The summed E-state index contributed by atoms with van der Waals surface area (Å²) in [6.45, 7) is 6.18. The standard InChI is InChI=1S/C24H30N2O6/c1-23(2,3)32-22(30)25-13-11-19(12-14-25)24(31,18-7-5-4-6-8-18)16-26-15-17(21(28)29)9-10-20(26)27/h4-10,15,19,31H,11-14,16H2,1-3H3,(H,28,29). The molecular formula is C24H30N2O6. The molecule has 1 aliphatic heterocycles. The number of piperidine rings is 1. The number of likely N-dealkylation sites (tertiary alicyclic amines) is 1. The molecule has 3 rings (SSSR count). The van der Waals surface area contributed by atoms with Crippen LogP contribution in [0.15, 0.2) is 53.5 Å². The number of nitrogens with zero attached hydrogens (tertiary/aromatic N) is 2. The minimum atomic E-state index is -1.41. The molecule has 2 aromatic rings. The summed E-state index contributed by atoms with van der Waals surface area (Å²) in [6, 6.07) is 11.5. The second-order valence-electron chi connectivity index (χ2n) is 9.22. The lowest BCUT2D eigenvalue weighted by Crippen LogP contribution is -2.49. The fourth-order valence-corrected chi connectivity index (χ4v) is 4.09. The molecule has 2 heterocycles. The van der Waals surface area contributed by atoms with E-state index in [9.17, 15) is 24.6 Å². The number of amides is 1. The van der Waals surface area contributed by atoms with Crippen molar-refractivity contribution in [2.45, 2.75) is 51.4 Å². The highest BCUT2D eigenvalue weighted by atomic mass is 16.6. The number of carboxylic acids is 1. The molecule has 32 heavy (non-hydrogen) atoms. The Labute approximate surface area is 187 Å². The molecule has 0 aliphatic carbocycles. The summed E-state index contributed by atoms with van der Waals surface area (Å²) in [7, 11) is 0. The van der Waals surface area contributed by atoms with Gasteiger partial charge in [-0.2, -0.15) is 0 Å². The summed E-state index contributed by atoms with van der Waals surface area (Å²) in [4.78, 5) is 37.9. The van der Waals surface area contributed by atoms with E-state index in [1.165, 1.54) is 22.9 Å². The summed E-state index contributed by atoms with van der Waals surface area (Å²) in [5.41, 5.74) is -1.78. The molecule has 1 aliphatic rings. The number of carbonyl (C=O) groups is 2. The van der Waals surface area contributed by atoms with Crippen LogP contribution < -0.4 is 5.56 Å². The van der Waals surface area contributed by atoms with Crippen molar-refractivity contribution >= 4 is 12.1 Å². The average Bonchev–Trinajstić information content (AvgIpc) is 2.74. The number of hydrogen-bond donors (Lipinski definition) is 2. The second-order valence-corrected chi connectivity index (χ2v) is 9.22. The van der Waals surface area contributed by atoms with Crippen LogP contribution in [0.4, 0.5) is 4.79 Å². The van der Waals surface area contributed by atoms with Crippen LogP contribution in [-0.4, -0.2) is 50.4 Å². The number of aromatic nitrogens is 1. The topological polar surface area (TPSA) is 109 Å². The van der Waals surface area contributed by atoms with Crippen LogP contribution in [0.25, 0.3) is 0 Å². The molecule has 172 valence electrons. The fourth-order valence-electron chi connectivity index (χ4n) is 4.09. The summed E-state index contributed by atoms with van der Waals surface area (Å²) in [6.07, 6.45) is 1.90. The zero-order valence-corrected chi connectivity index (χ0v) is 18.7. The molecule has 1 amide bonds. The molecule has 1 unspecified atom stereocenters. The Balaban J connectivity index is 1.87. The fraction of sp³-hybridized carbons (Fsp3) is 0.458. The van der Waals surface area contributed by atoms with E-state index in [0.717, 1.165) is 0 Å². The Morgan fingerprint density at radius 3 is 2.25 bits per heavy atom. The summed E-state index contributed by atoms with van der Waals surface area (Å²) in [5.74, 6) is -1.39. The number of ether oxygens (including phenoxy) is 1. The number of aliphatic hydroxyl groups is 1. The van der Waals surface area contributed by atoms with Gasteiger partial charge < -0.3 is 24.4 Å². The van der Waals surface area contributed by atoms with Crippen molar-refractivity contribution in [3.8, 4) is 0 Å². The van der Waals surface area contributed by atoms with Crippen molar-refractivity contribution in [2.24, 2.45) is 5.92 Å². The van der Waals surface area contributed by atoms with Crippen LogP contribution in [-0.2, 0) is 16.9 Å². The van der Waals surface area contributed by atoms with Crippen molar-refractivity contribution in [1.29, 1.82) is 0 Å². The van der Waals surface area contributed by atoms with E-state index in [2.05, 4.69) is 0 Å². The Morgan fingerprint density at radius 1 is 1.06 bits per heavy atom. The maximum absolute atomic E-state index is 12.4. The van der Waals surface area contributed by atoms with E-state index >= 15 is 0 Å². The summed E-state index contributed by atoms with van der Waals surface area (Å²) in [5, 5.41) is 21.2. The van der Waals surface area contributed by atoms with Gasteiger partial charge in [0.15, 0.2) is 0 Å². The highest BCUT2D eigenvalue weighted by Gasteiger charge is 2.41. The highest BCUT2D eigenvalue weighted by Crippen LogP contribution is 2.38. The van der Waals surface area contributed by atoms with Gasteiger partial charge in [-0.15, -0.1) is 0 Å². The van der Waals surface area contributed by atoms with Gasteiger partial charge in [-0.05, 0) is 51.2 Å². The molecule has 1 atom stereocenters.